The van der Waals surface area contributed by atoms with Crippen molar-refractivity contribution in [1.29, 1.82) is 0 Å². The van der Waals surface area contributed by atoms with Crippen LogP contribution in [0.3, 0.4) is 0 Å². The number of piperidine rings is 1. The lowest BCUT2D eigenvalue weighted by atomic mass is 9.91. The SMILES string of the molecule is Cc1ccc(CC2CCCN(C(=O)c3csc(C)n3)C2)cc1. The van der Waals surface area contributed by atoms with E-state index in [-0.39, 0.29) is 5.91 Å². The smallest absolute Gasteiger partial charge is 0.273 e. The summed E-state index contributed by atoms with van der Waals surface area (Å²) in [6, 6.07) is 8.75. The number of amides is 1. The molecule has 2 heterocycles. The molecule has 0 saturated carbocycles. The number of carbonyl (C=O) groups is 1. The van der Waals surface area contributed by atoms with Gasteiger partial charge < -0.3 is 4.90 Å². The number of hydrogen-bond acceptors (Lipinski definition) is 3. The molecule has 1 atom stereocenters. The summed E-state index contributed by atoms with van der Waals surface area (Å²) in [7, 11) is 0. The zero-order valence-corrected chi connectivity index (χ0v) is 14.0. The molecule has 22 heavy (non-hydrogen) atoms. The third-order valence-corrected chi connectivity index (χ3v) is 5.06. The van der Waals surface area contributed by atoms with Crippen molar-refractivity contribution < 1.29 is 4.79 Å². The maximum atomic E-state index is 12.5. The van der Waals surface area contributed by atoms with Crippen LogP contribution in [0.15, 0.2) is 29.6 Å². The second-order valence-corrected chi connectivity index (χ2v) is 7.26. The number of rotatable bonds is 3. The molecule has 1 aliphatic rings. The number of hydrogen-bond donors (Lipinski definition) is 0. The Balaban J connectivity index is 1.63. The minimum Gasteiger partial charge on any atom is -0.337 e. The van der Waals surface area contributed by atoms with Crippen LogP contribution in [0.25, 0.3) is 0 Å². The minimum atomic E-state index is 0.0953. The average Bonchev–Trinajstić information content (AvgIpc) is 2.96. The van der Waals surface area contributed by atoms with Crippen LogP contribution >= 0.6 is 11.3 Å². The predicted octanol–water partition coefficient (Wildman–Crippen LogP) is 3.85. The molecule has 1 unspecified atom stereocenters. The standard InChI is InChI=1S/C18H22N2OS/c1-13-5-7-15(8-6-13)10-16-4-3-9-20(11-16)18(21)17-12-22-14(2)19-17/h5-8,12,16H,3-4,9-11H2,1-2H3. The molecule has 4 heteroatoms. The fourth-order valence-electron chi connectivity index (χ4n) is 3.10. The van der Waals surface area contributed by atoms with Crippen LogP contribution in [0.2, 0.25) is 0 Å². The van der Waals surface area contributed by atoms with Gasteiger partial charge in [0.2, 0.25) is 0 Å². The van der Waals surface area contributed by atoms with Crippen molar-refractivity contribution >= 4 is 17.2 Å². The first kappa shape index (κ1) is 15.2. The van der Waals surface area contributed by atoms with Crippen molar-refractivity contribution in [2.75, 3.05) is 13.1 Å². The molecule has 1 aliphatic heterocycles. The maximum absolute atomic E-state index is 12.5. The quantitative estimate of drug-likeness (QED) is 0.862. The van der Waals surface area contributed by atoms with Gasteiger partial charge >= 0.3 is 0 Å². The van der Waals surface area contributed by atoms with Crippen LogP contribution in [0.1, 0.15) is 39.5 Å². The lowest BCUT2D eigenvalue weighted by molar-refractivity contribution is 0.0668. The van der Waals surface area contributed by atoms with Crippen LogP contribution < -0.4 is 0 Å². The van der Waals surface area contributed by atoms with Crippen LogP contribution in [0.4, 0.5) is 0 Å². The number of carbonyl (C=O) groups excluding carboxylic acids is 1. The topological polar surface area (TPSA) is 33.2 Å². The van der Waals surface area contributed by atoms with E-state index in [0.29, 0.717) is 11.6 Å². The van der Waals surface area contributed by atoms with Gasteiger partial charge in [0.1, 0.15) is 5.69 Å². The predicted molar refractivity (Wildman–Crippen MR) is 90.4 cm³/mol. The lowest BCUT2D eigenvalue weighted by Gasteiger charge is -2.32. The van der Waals surface area contributed by atoms with E-state index in [9.17, 15) is 4.79 Å². The Labute approximate surface area is 136 Å². The molecule has 0 bridgehead atoms. The largest absolute Gasteiger partial charge is 0.337 e. The monoisotopic (exact) mass is 314 g/mol. The number of nitrogens with zero attached hydrogens (tertiary/aromatic N) is 2. The molecule has 116 valence electrons. The van der Waals surface area contributed by atoms with Crippen molar-refractivity contribution in [3.05, 3.63) is 51.5 Å². The van der Waals surface area contributed by atoms with Crippen LogP contribution in [0.5, 0.6) is 0 Å². The molecule has 0 radical (unpaired) electrons. The van der Waals surface area contributed by atoms with Crippen molar-refractivity contribution in [2.24, 2.45) is 5.92 Å². The van der Waals surface area contributed by atoms with Gasteiger partial charge in [-0.2, -0.15) is 0 Å². The van der Waals surface area contributed by atoms with E-state index in [1.54, 1.807) is 11.3 Å². The fourth-order valence-corrected chi connectivity index (χ4v) is 3.68. The van der Waals surface area contributed by atoms with Gasteiger partial charge in [-0.25, -0.2) is 4.98 Å². The average molecular weight is 314 g/mol. The lowest BCUT2D eigenvalue weighted by Crippen LogP contribution is -2.40. The highest BCUT2D eigenvalue weighted by Crippen LogP contribution is 2.23. The van der Waals surface area contributed by atoms with Crippen molar-refractivity contribution in [3.8, 4) is 0 Å². The fraction of sp³-hybridized carbons (Fsp3) is 0.444. The molecule has 1 amide bonds. The van der Waals surface area contributed by atoms with Crippen molar-refractivity contribution in [3.63, 3.8) is 0 Å². The highest BCUT2D eigenvalue weighted by molar-refractivity contribution is 7.09. The summed E-state index contributed by atoms with van der Waals surface area (Å²) in [5.41, 5.74) is 3.27. The molecular formula is C18H22N2OS. The molecule has 1 fully saturated rings. The summed E-state index contributed by atoms with van der Waals surface area (Å²) in [5.74, 6) is 0.651. The normalized spacial score (nSPS) is 18.5. The number of thiazole rings is 1. The molecule has 0 N–H and O–H groups in total. The van der Waals surface area contributed by atoms with E-state index in [4.69, 9.17) is 0 Å². The van der Waals surface area contributed by atoms with E-state index in [1.807, 2.05) is 17.2 Å². The first-order chi connectivity index (χ1) is 10.6. The van der Waals surface area contributed by atoms with Gasteiger partial charge in [0.05, 0.1) is 5.01 Å². The molecule has 3 rings (SSSR count). The second-order valence-electron chi connectivity index (χ2n) is 6.20. The summed E-state index contributed by atoms with van der Waals surface area (Å²) >= 11 is 1.54. The molecule has 2 aromatic rings. The third kappa shape index (κ3) is 3.55. The summed E-state index contributed by atoms with van der Waals surface area (Å²) in [6.45, 7) is 5.77. The van der Waals surface area contributed by atoms with Crippen molar-refractivity contribution in [2.45, 2.75) is 33.1 Å². The van der Waals surface area contributed by atoms with E-state index in [1.165, 1.54) is 17.5 Å². The molecule has 3 nitrogen and oxygen atoms in total. The van der Waals surface area contributed by atoms with E-state index >= 15 is 0 Å². The van der Waals surface area contributed by atoms with Gasteiger partial charge in [0, 0.05) is 18.5 Å². The van der Waals surface area contributed by atoms with Crippen molar-refractivity contribution in [1.82, 2.24) is 9.88 Å². The first-order valence-electron chi connectivity index (χ1n) is 7.89. The number of aryl methyl sites for hydroxylation is 2. The Morgan fingerprint density at radius 3 is 2.77 bits per heavy atom. The zero-order chi connectivity index (χ0) is 15.5. The van der Waals surface area contributed by atoms with Gasteiger partial charge in [0.25, 0.3) is 5.91 Å². The Kier molecular flexibility index (Phi) is 4.57. The van der Waals surface area contributed by atoms with Gasteiger partial charge in [-0.15, -0.1) is 11.3 Å². The first-order valence-corrected chi connectivity index (χ1v) is 8.77. The van der Waals surface area contributed by atoms with Gasteiger partial charge in [-0.05, 0) is 44.6 Å². The molecule has 0 aliphatic carbocycles. The highest BCUT2D eigenvalue weighted by Gasteiger charge is 2.25. The van der Waals surface area contributed by atoms with E-state index in [0.717, 1.165) is 30.9 Å². The van der Waals surface area contributed by atoms with Crippen LogP contribution in [-0.2, 0) is 6.42 Å². The molecule has 1 aromatic carbocycles. The summed E-state index contributed by atoms with van der Waals surface area (Å²) in [4.78, 5) is 18.8. The summed E-state index contributed by atoms with van der Waals surface area (Å²) < 4.78 is 0. The molecule has 1 saturated heterocycles. The number of benzene rings is 1. The van der Waals surface area contributed by atoms with E-state index < -0.39 is 0 Å². The second kappa shape index (κ2) is 6.61. The summed E-state index contributed by atoms with van der Waals surface area (Å²) in [5, 5.41) is 2.83. The third-order valence-electron chi connectivity index (χ3n) is 4.29. The molecule has 1 aromatic heterocycles. The Morgan fingerprint density at radius 1 is 1.32 bits per heavy atom. The number of likely N-dealkylation sites (tertiary alicyclic amines) is 1. The molecular weight excluding hydrogens is 292 g/mol. The van der Waals surface area contributed by atoms with Crippen LogP contribution in [0, 0.1) is 19.8 Å². The summed E-state index contributed by atoms with van der Waals surface area (Å²) in [6.07, 6.45) is 3.35. The Morgan fingerprint density at radius 2 is 2.09 bits per heavy atom. The zero-order valence-electron chi connectivity index (χ0n) is 13.2. The Bertz CT molecular complexity index is 647. The maximum Gasteiger partial charge on any atom is 0.273 e. The Hall–Kier alpha value is -1.68. The van der Waals surface area contributed by atoms with Gasteiger partial charge in [0.15, 0.2) is 0 Å². The highest BCUT2D eigenvalue weighted by atomic mass is 32.1. The van der Waals surface area contributed by atoms with Gasteiger partial charge in [-0.3, -0.25) is 4.79 Å². The van der Waals surface area contributed by atoms with Crippen LogP contribution in [-0.4, -0.2) is 28.9 Å². The molecule has 0 spiro atoms. The van der Waals surface area contributed by atoms with E-state index in [2.05, 4.69) is 36.2 Å². The number of aromatic nitrogens is 1. The van der Waals surface area contributed by atoms with Gasteiger partial charge in [-0.1, -0.05) is 29.8 Å². The minimum absolute atomic E-state index is 0.0953.